The fraction of sp³-hybridized carbons (Fsp3) is 0.308. The summed E-state index contributed by atoms with van der Waals surface area (Å²) in [7, 11) is 1.55. The molecule has 92 valence electrons. The first-order valence-electron chi connectivity index (χ1n) is 5.52. The maximum absolute atomic E-state index is 11.8. The third kappa shape index (κ3) is 3.83. The predicted octanol–water partition coefficient (Wildman–Crippen LogP) is 1.97. The summed E-state index contributed by atoms with van der Waals surface area (Å²) in [5.74, 6) is 0.448. The van der Waals surface area contributed by atoms with Crippen LogP contribution in [0.25, 0.3) is 0 Å². The molecule has 4 heteroatoms. The molecule has 4 nitrogen and oxygen atoms in total. The zero-order chi connectivity index (χ0) is 12.7. The Balaban J connectivity index is 2.67. The monoisotopic (exact) mass is 234 g/mol. The largest absolute Gasteiger partial charge is 0.497 e. The Bertz CT molecular complexity index is 414. The molecule has 0 aliphatic heterocycles. The fourth-order valence-corrected chi connectivity index (χ4v) is 1.39. The summed E-state index contributed by atoms with van der Waals surface area (Å²) in [4.78, 5) is 11.8. The highest BCUT2D eigenvalue weighted by atomic mass is 16.5. The number of hydrogen-bond donors (Lipinski definition) is 2. The molecule has 0 aliphatic rings. The van der Waals surface area contributed by atoms with Crippen LogP contribution in [-0.2, 0) is 0 Å². The van der Waals surface area contributed by atoms with Gasteiger partial charge in [-0.1, -0.05) is 12.2 Å². The summed E-state index contributed by atoms with van der Waals surface area (Å²) in [6, 6.07) is 5.03. The van der Waals surface area contributed by atoms with Crippen molar-refractivity contribution in [3.63, 3.8) is 0 Å². The molecule has 17 heavy (non-hydrogen) atoms. The van der Waals surface area contributed by atoms with Gasteiger partial charge in [0.1, 0.15) is 5.75 Å². The van der Waals surface area contributed by atoms with E-state index in [1.807, 2.05) is 19.1 Å². The Kier molecular flexibility index (Phi) is 5.07. The minimum Gasteiger partial charge on any atom is -0.497 e. The first-order chi connectivity index (χ1) is 8.19. The summed E-state index contributed by atoms with van der Waals surface area (Å²) in [6.45, 7) is 2.54. The molecule has 0 heterocycles. The van der Waals surface area contributed by atoms with E-state index in [4.69, 9.17) is 10.5 Å². The average molecular weight is 234 g/mol. The van der Waals surface area contributed by atoms with Gasteiger partial charge < -0.3 is 15.8 Å². The Morgan fingerprint density at radius 3 is 2.94 bits per heavy atom. The van der Waals surface area contributed by atoms with Crippen LogP contribution in [0.1, 0.15) is 23.7 Å². The van der Waals surface area contributed by atoms with Gasteiger partial charge in [0.05, 0.1) is 12.7 Å². The molecule has 3 N–H and O–H groups in total. The summed E-state index contributed by atoms with van der Waals surface area (Å²) >= 11 is 0. The Labute approximate surface area is 101 Å². The SMILES string of the molecule is C/C=C/CCNC(=O)c1cc(OC)ccc1N. The maximum atomic E-state index is 11.8. The summed E-state index contributed by atoms with van der Waals surface area (Å²) in [6.07, 6.45) is 4.76. The van der Waals surface area contributed by atoms with Crippen LogP contribution in [0, 0.1) is 0 Å². The standard InChI is InChI=1S/C13H18N2O2/c1-3-4-5-8-15-13(16)11-9-10(17-2)6-7-12(11)14/h3-4,6-7,9H,5,8,14H2,1-2H3,(H,15,16)/b4-3+. The van der Waals surface area contributed by atoms with Gasteiger partial charge in [0.25, 0.3) is 5.91 Å². The lowest BCUT2D eigenvalue weighted by Gasteiger charge is -2.08. The molecule has 0 spiro atoms. The molecular formula is C13H18N2O2. The number of carbonyl (C=O) groups is 1. The third-order valence-corrected chi connectivity index (χ3v) is 2.34. The number of ether oxygens (including phenoxy) is 1. The molecule has 0 aliphatic carbocycles. The normalized spacial score (nSPS) is 10.5. The van der Waals surface area contributed by atoms with Gasteiger partial charge in [0.15, 0.2) is 0 Å². The Morgan fingerprint density at radius 1 is 1.53 bits per heavy atom. The van der Waals surface area contributed by atoms with E-state index in [9.17, 15) is 4.79 Å². The van der Waals surface area contributed by atoms with Crippen molar-refractivity contribution in [1.82, 2.24) is 5.32 Å². The lowest BCUT2D eigenvalue weighted by molar-refractivity contribution is 0.0955. The van der Waals surface area contributed by atoms with E-state index in [1.54, 1.807) is 25.3 Å². The summed E-state index contributed by atoms with van der Waals surface area (Å²) in [5.41, 5.74) is 6.65. The lowest BCUT2D eigenvalue weighted by atomic mass is 10.1. The quantitative estimate of drug-likeness (QED) is 0.465. The number of nitrogens with one attached hydrogen (secondary N) is 1. The number of nitrogen functional groups attached to an aromatic ring is 1. The van der Waals surface area contributed by atoms with Crippen LogP contribution in [0.15, 0.2) is 30.4 Å². The van der Waals surface area contributed by atoms with Crippen molar-refractivity contribution in [1.29, 1.82) is 0 Å². The lowest BCUT2D eigenvalue weighted by Crippen LogP contribution is -2.25. The van der Waals surface area contributed by atoms with Crippen molar-refractivity contribution in [3.8, 4) is 5.75 Å². The maximum Gasteiger partial charge on any atom is 0.253 e. The van der Waals surface area contributed by atoms with Crippen LogP contribution in [0.4, 0.5) is 5.69 Å². The predicted molar refractivity (Wildman–Crippen MR) is 69.2 cm³/mol. The molecule has 0 saturated carbocycles. The van der Waals surface area contributed by atoms with Crippen LogP contribution >= 0.6 is 0 Å². The highest BCUT2D eigenvalue weighted by Gasteiger charge is 2.09. The van der Waals surface area contributed by atoms with Crippen LogP contribution in [-0.4, -0.2) is 19.6 Å². The minimum absolute atomic E-state index is 0.175. The topological polar surface area (TPSA) is 64.3 Å². The van der Waals surface area contributed by atoms with E-state index in [0.717, 1.165) is 6.42 Å². The van der Waals surface area contributed by atoms with Crippen LogP contribution in [0.5, 0.6) is 5.75 Å². The van der Waals surface area contributed by atoms with Crippen molar-refractivity contribution in [2.75, 3.05) is 19.4 Å². The smallest absolute Gasteiger partial charge is 0.253 e. The molecule has 0 atom stereocenters. The number of rotatable bonds is 5. The Hall–Kier alpha value is -1.97. The van der Waals surface area contributed by atoms with Crippen molar-refractivity contribution < 1.29 is 9.53 Å². The molecular weight excluding hydrogens is 216 g/mol. The first-order valence-corrected chi connectivity index (χ1v) is 5.52. The Morgan fingerprint density at radius 2 is 2.29 bits per heavy atom. The van der Waals surface area contributed by atoms with Crippen LogP contribution in [0.2, 0.25) is 0 Å². The second-order valence-electron chi connectivity index (χ2n) is 3.57. The molecule has 0 unspecified atom stereocenters. The number of hydrogen-bond acceptors (Lipinski definition) is 3. The molecule has 1 rings (SSSR count). The van der Waals surface area contributed by atoms with Gasteiger partial charge in [-0.05, 0) is 31.5 Å². The average Bonchev–Trinajstić information content (AvgIpc) is 2.35. The van der Waals surface area contributed by atoms with Gasteiger partial charge in [0.2, 0.25) is 0 Å². The number of methoxy groups -OCH3 is 1. The van der Waals surface area contributed by atoms with Crippen molar-refractivity contribution in [2.45, 2.75) is 13.3 Å². The van der Waals surface area contributed by atoms with Crippen molar-refractivity contribution >= 4 is 11.6 Å². The molecule has 1 amide bonds. The van der Waals surface area contributed by atoms with Gasteiger partial charge in [-0.2, -0.15) is 0 Å². The van der Waals surface area contributed by atoms with E-state index >= 15 is 0 Å². The molecule has 1 aromatic rings. The molecule has 0 aromatic heterocycles. The second-order valence-corrected chi connectivity index (χ2v) is 3.57. The highest BCUT2D eigenvalue weighted by molar-refractivity contribution is 5.99. The van der Waals surface area contributed by atoms with Gasteiger partial charge in [-0.3, -0.25) is 4.79 Å². The molecule has 0 fully saturated rings. The van der Waals surface area contributed by atoms with Gasteiger partial charge in [-0.25, -0.2) is 0 Å². The minimum atomic E-state index is -0.175. The van der Waals surface area contributed by atoms with Crippen LogP contribution in [0.3, 0.4) is 0 Å². The number of anilines is 1. The number of benzene rings is 1. The van der Waals surface area contributed by atoms with E-state index < -0.39 is 0 Å². The highest BCUT2D eigenvalue weighted by Crippen LogP contribution is 2.19. The van der Waals surface area contributed by atoms with Gasteiger partial charge >= 0.3 is 0 Å². The number of allylic oxidation sites excluding steroid dienone is 1. The van der Waals surface area contributed by atoms with E-state index in [1.165, 1.54) is 0 Å². The molecule has 0 saturated heterocycles. The zero-order valence-corrected chi connectivity index (χ0v) is 10.2. The van der Waals surface area contributed by atoms with E-state index in [0.29, 0.717) is 23.5 Å². The van der Waals surface area contributed by atoms with Crippen LogP contribution < -0.4 is 15.8 Å². The zero-order valence-electron chi connectivity index (χ0n) is 10.2. The summed E-state index contributed by atoms with van der Waals surface area (Å²) < 4.78 is 5.06. The van der Waals surface area contributed by atoms with Gasteiger partial charge in [0, 0.05) is 12.2 Å². The second kappa shape index (κ2) is 6.58. The van der Waals surface area contributed by atoms with E-state index in [-0.39, 0.29) is 5.91 Å². The number of carbonyl (C=O) groups excluding carboxylic acids is 1. The number of amides is 1. The fourth-order valence-electron chi connectivity index (χ4n) is 1.39. The molecule has 0 bridgehead atoms. The number of nitrogens with two attached hydrogens (primary N) is 1. The third-order valence-electron chi connectivity index (χ3n) is 2.34. The first kappa shape index (κ1) is 13.1. The van der Waals surface area contributed by atoms with Gasteiger partial charge in [-0.15, -0.1) is 0 Å². The molecule has 1 aromatic carbocycles. The van der Waals surface area contributed by atoms with Crippen molar-refractivity contribution in [2.24, 2.45) is 0 Å². The van der Waals surface area contributed by atoms with Crippen molar-refractivity contribution in [3.05, 3.63) is 35.9 Å². The van der Waals surface area contributed by atoms with E-state index in [2.05, 4.69) is 5.32 Å². The summed E-state index contributed by atoms with van der Waals surface area (Å²) in [5, 5.41) is 2.80. The molecule has 0 radical (unpaired) electrons.